The Hall–Kier alpha value is -2.55. The lowest BCUT2D eigenvalue weighted by molar-refractivity contribution is 0.0600. The summed E-state index contributed by atoms with van der Waals surface area (Å²) in [4.78, 5) is 19.8. The van der Waals surface area contributed by atoms with Gasteiger partial charge in [0.2, 0.25) is 10.0 Å². The molecule has 9 heteroatoms. The summed E-state index contributed by atoms with van der Waals surface area (Å²) in [6.45, 7) is 0. The van der Waals surface area contributed by atoms with Crippen LogP contribution in [0.4, 0.5) is 0 Å². The Labute approximate surface area is 154 Å². The van der Waals surface area contributed by atoms with Crippen LogP contribution in [0.2, 0.25) is 5.02 Å². The summed E-state index contributed by atoms with van der Waals surface area (Å²) in [5, 5.41) is 6.25. The number of methoxy groups -OCH3 is 1. The van der Waals surface area contributed by atoms with Crippen molar-refractivity contribution in [2.75, 3.05) is 7.11 Å². The molecule has 0 unspecified atom stereocenters. The van der Waals surface area contributed by atoms with E-state index in [0.717, 1.165) is 0 Å². The summed E-state index contributed by atoms with van der Waals surface area (Å²) in [5.41, 5.74) is 1.81. The van der Waals surface area contributed by atoms with Crippen molar-refractivity contribution in [2.24, 2.45) is 5.14 Å². The average molecular weight is 392 g/mol. The number of fused-ring (bicyclic) bond motifs is 1. The zero-order valence-corrected chi connectivity index (χ0v) is 15.2. The Morgan fingerprint density at radius 3 is 2.69 bits per heavy atom. The van der Waals surface area contributed by atoms with Crippen molar-refractivity contribution in [3.8, 4) is 0 Å². The van der Waals surface area contributed by atoms with Gasteiger partial charge in [0.05, 0.1) is 23.2 Å². The molecule has 0 aliphatic carbocycles. The van der Waals surface area contributed by atoms with Gasteiger partial charge in [0.15, 0.2) is 0 Å². The maximum absolute atomic E-state index is 11.9. The van der Waals surface area contributed by atoms with Gasteiger partial charge in [-0.15, -0.1) is 0 Å². The Kier molecular flexibility index (Phi) is 4.90. The Morgan fingerprint density at radius 2 is 2.00 bits per heavy atom. The minimum Gasteiger partial charge on any atom is -0.465 e. The van der Waals surface area contributed by atoms with Crippen LogP contribution in [0, 0.1) is 0 Å². The van der Waals surface area contributed by atoms with Crippen molar-refractivity contribution in [3.63, 3.8) is 0 Å². The zero-order chi connectivity index (χ0) is 18.9. The van der Waals surface area contributed by atoms with E-state index in [4.69, 9.17) is 21.5 Å². The van der Waals surface area contributed by atoms with Gasteiger partial charge in [-0.25, -0.2) is 18.4 Å². The summed E-state index contributed by atoms with van der Waals surface area (Å²) in [7, 11) is -2.69. The number of halogens is 1. The lowest BCUT2D eigenvalue weighted by Crippen LogP contribution is -2.13. The van der Waals surface area contributed by atoms with Crippen LogP contribution in [0.5, 0.6) is 0 Å². The van der Waals surface area contributed by atoms with Gasteiger partial charge in [0.1, 0.15) is 4.90 Å². The third-order valence-corrected chi connectivity index (χ3v) is 4.83. The number of carbonyl (C=O) groups is 1. The lowest BCUT2D eigenvalue weighted by atomic mass is 10.0. The van der Waals surface area contributed by atoms with Crippen LogP contribution in [-0.2, 0) is 21.2 Å². The predicted molar refractivity (Wildman–Crippen MR) is 96.5 cm³/mol. The molecule has 0 saturated heterocycles. The van der Waals surface area contributed by atoms with Gasteiger partial charge in [0.25, 0.3) is 0 Å². The van der Waals surface area contributed by atoms with Crippen LogP contribution in [0.1, 0.15) is 21.6 Å². The topological polar surface area (TPSA) is 112 Å². The SMILES string of the molecule is COC(=O)c1ccnc(Cc2cc(S(N)(=O)=O)c3ncc(Cl)cc3c2)c1. The van der Waals surface area contributed by atoms with E-state index in [0.29, 0.717) is 27.2 Å². The van der Waals surface area contributed by atoms with Crippen molar-refractivity contribution >= 4 is 38.5 Å². The van der Waals surface area contributed by atoms with Gasteiger partial charge >= 0.3 is 5.97 Å². The number of esters is 1. The second-order valence-electron chi connectivity index (χ2n) is 5.57. The van der Waals surface area contributed by atoms with E-state index in [-0.39, 0.29) is 16.8 Å². The Morgan fingerprint density at radius 1 is 1.23 bits per heavy atom. The van der Waals surface area contributed by atoms with E-state index in [1.165, 1.54) is 31.6 Å². The smallest absolute Gasteiger partial charge is 0.337 e. The lowest BCUT2D eigenvalue weighted by Gasteiger charge is -2.09. The minimum absolute atomic E-state index is 0.0919. The fourth-order valence-corrected chi connectivity index (χ4v) is 3.52. The van der Waals surface area contributed by atoms with Gasteiger partial charge in [0, 0.05) is 29.9 Å². The van der Waals surface area contributed by atoms with E-state index < -0.39 is 16.0 Å². The van der Waals surface area contributed by atoms with Gasteiger partial charge in [-0.1, -0.05) is 11.6 Å². The molecule has 3 aromatic rings. The average Bonchev–Trinajstić information content (AvgIpc) is 2.59. The number of rotatable bonds is 4. The van der Waals surface area contributed by atoms with Crippen molar-refractivity contribution in [2.45, 2.75) is 11.3 Å². The predicted octanol–water partition coefficient (Wildman–Crippen LogP) is 2.31. The van der Waals surface area contributed by atoms with E-state index in [1.807, 2.05) is 0 Å². The van der Waals surface area contributed by atoms with E-state index in [2.05, 4.69) is 9.97 Å². The van der Waals surface area contributed by atoms with Gasteiger partial charge in [-0.2, -0.15) is 0 Å². The number of nitrogens with two attached hydrogens (primary N) is 1. The molecule has 7 nitrogen and oxygen atoms in total. The molecule has 2 heterocycles. The normalized spacial score (nSPS) is 11.5. The highest BCUT2D eigenvalue weighted by atomic mass is 35.5. The number of hydrogen-bond donors (Lipinski definition) is 1. The summed E-state index contributed by atoms with van der Waals surface area (Å²) >= 11 is 5.96. The van der Waals surface area contributed by atoms with Crippen LogP contribution < -0.4 is 5.14 Å². The van der Waals surface area contributed by atoms with E-state index >= 15 is 0 Å². The highest BCUT2D eigenvalue weighted by Crippen LogP contribution is 2.26. The number of ether oxygens (including phenoxy) is 1. The van der Waals surface area contributed by atoms with E-state index in [9.17, 15) is 13.2 Å². The van der Waals surface area contributed by atoms with Crippen LogP contribution in [0.3, 0.4) is 0 Å². The van der Waals surface area contributed by atoms with Crippen LogP contribution >= 0.6 is 11.6 Å². The maximum Gasteiger partial charge on any atom is 0.337 e. The van der Waals surface area contributed by atoms with Crippen molar-refractivity contribution in [1.29, 1.82) is 0 Å². The molecule has 26 heavy (non-hydrogen) atoms. The highest BCUT2D eigenvalue weighted by Gasteiger charge is 2.16. The van der Waals surface area contributed by atoms with E-state index in [1.54, 1.807) is 18.2 Å². The van der Waals surface area contributed by atoms with Crippen molar-refractivity contribution in [3.05, 3.63) is 64.6 Å². The molecule has 0 bridgehead atoms. The molecule has 3 rings (SSSR count). The Bertz CT molecular complexity index is 1120. The molecule has 0 aliphatic heterocycles. The number of carbonyl (C=O) groups excluding carboxylic acids is 1. The van der Waals surface area contributed by atoms with Gasteiger partial charge in [-0.3, -0.25) is 9.97 Å². The summed E-state index contributed by atoms with van der Waals surface area (Å²) in [6, 6.07) is 7.94. The second-order valence-corrected chi connectivity index (χ2v) is 7.53. The first kappa shape index (κ1) is 18.2. The molecule has 0 fully saturated rings. The first-order chi connectivity index (χ1) is 12.3. The number of nitrogens with zero attached hydrogens (tertiary/aromatic N) is 2. The second kappa shape index (κ2) is 6.99. The maximum atomic E-state index is 11.9. The molecular formula is C17H14ClN3O4S. The van der Waals surface area contributed by atoms with Gasteiger partial charge < -0.3 is 4.74 Å². The number of sulfonamides is 1. The quantitative estimate of drug-likeness (QED) is 0.683. The van der Waals surface area contributed by atoms with Crippen molar-refractivity contribution < 1.29 is 17.9 Å². The molecule has 0 aliphatic rings. The molecule has 2 aromatic heterocycles. The fraction of sp³-hybridized carbons (Fsp3) is 0.118. The molecule has 0 atom stereocenters. The third-order valence-electron chi connectivity index (χ3n) is 3.70. The number of primary sulfonamides is 1. The first-order valence-electron chi connectivity index (χ1n) is 7.42. The zero-order valence-electron chi connectivity index (χ0n) is 13.6. The summed E-state index contributed by atoms with van der Waals surface area (Å²) < 4.78 is 28.6. The molecular weight excluding hydrogens is 378 g/mol. The highest BCUT2D eigenvalue weighted by molar-refractivity contribution is 7.89. The molecule has 2 N–H and O–H groups in total. The van der Waals surface area contributed by atoms with Crippen LogP contribution in [0.25, 0.3) is 10.9 Å². The first-order valence-corrected chi connectivity index (χ1v) is 9.34. The number of benzene rings is 1. The largest absolute Gasteiger partial charge is 0.465 e. The summed E-state index contributed by atoms with van der Waals surface area (Å²) in [6.07, 6.45) is 3.14. The van der Waals surface area contributed by atoms with Gasteiger partial charge in [-0.05, 0) is 35.9 Å². The molecule has 0 spiro atoms. The minimum atomic E-state index is -3.98. The summed E-state index contributed by atoms with van der Waals surface area (Å²) in [5.74, 6) is -0.478. The molecule has 0 radical (unpaired) electrons. The third kappa shape index (κ3) is 3.82. The molecule has 1 aromatic carbocycles. The fourth-order valence-electron chi connectivity index (χ4n) is 2.60. The molecule has 134 valence electrons. The number of aromatic nitrogens is 2. The number of hydrogen-bond acceptors (Lipinski definition) is 6. The monoisotopic (exact) mass is 391 g/mol. The standard InChI is InChI=1S/C17H14ClN3O4S/c1-25-17(22)11-2-3-20-14(8-11)5-10-4-12-7-13(18)9-21-16(12)15(6-10)26(19,23)24/h2-4,6-9H,5H2,1H3,(H2,19,23,24). The molecule has 0 amide bonds. The number of pyridine rings is 2. The molecule has 0 saturated carbocycles. The Balaban J connectivity index is 2.10. The van der Waals surface area contributed by atoms with Crippen LogP contribution in [-0.4, -0.2) is 31.5 Å². The van der Waals surface area contributed by atoms with Crippen molar-refractivity contribution in [1.82, 2.24) is 9.97 Å². The van der Waals surface area contributed by atoms with Crippen LogP contribution in [0.15, 0.2) is 47.6 Å².